The Labute approximate surface area is 151 Å². The van der Waals surface area contributed by atoms with Gasteiger partial charge in [0.25, 0.3) is 5.91 Å². The third kappa shape index (κ3) is 4.25. The summed E-state index contributed by atoms with van der Waals surface area (Å²) in [5.41, 5.74) is 1.92. The number of hydrogen-bond donors (Lipinski definition) is 2. The smallest absolute Gasteiger partial charge is 0.355 e. The lowest BCUT2D eigenvalue weighted by Crippen LogP contribution is -2.14. The van der Waals surface area contributed by atoms with Gasteiger partial charge in [0.1, 0.15) is 10.7 Å². The van der Waals surface area contributed by atoms with Crippen molar-refractivity contribution in [3.63, 3.8) is 0 Å². The first kappa shape index (κ1) is 19.1. The molecule has 136 valence electrons. The van der Waals surface area contributed by atoms with E-state index in [4.69, 9.17) is 4.74 Å². The van der Waals surface area contributed by atoms with Gasteiger partial charge in [-0.3, -0.25) is 10.1 Å². The highest BCUT2D eigenvalue weighted by molar-refractivity contribution is 7.15. The number of H-pyrrole nitrogens is 1. The fourth-order valence-corrected chi connectivity index (χ4v) is 3.52. The van der Waals surface area contributed by atoms with Gasteiger partial charge in [-0.15, -0.1) is 10.2 Å². The zero-order valence-corrected chi connectivity index (χ0v) is 16.0. The molecule has 2 N–H and O–H groups in total. The Morgan fingerprint density at radius 3 is 2.64 bits per heavy atom. The predicted octanol–water partition coefficient (Wildman–Crippen LogP) is 3.82. The highest BCUT2D eigenvalue weighted by Crippen LogP contribution is 2.27. The molecule has 0 unspecified atom stereocenters. The van der Waals surface area contributed by atoms with Gasteiger partial charge in [0.05, 0.1) is 12.2 Å². The molecule has 0 aliphatic rings. The number of rotatable bonds is 7. The second-order valence-electron chi connectivity index (χ2n) is 5.93. The van der Waals surface area contributed by atoms with E-state index in [1.807, 2.05) is 0 Å². The summed E-state index contributed by atoms with van der Waals surface area (Å²) >= 11 is 1.38. The van der Waals surface area contributed by atoms with E-state index in [-0.39, 0.29) is 12.5 Å². The van der Waals surface area contributed by atoms with Crippen molar-refractivity contribution in [3.8, 4) is 0 Å². The number of ether oxygens (including phenoxy) is 1. The van der Waals surface area contributed by atoms with E-state index in [0.29, 0.717) is 33.6 Å². The maximum Gasteiger partial charge on any atom is 0.355 e. The fourth-order valence-electron chi connectivity index (χ4n) is 2.70. The minimum absolute atomic E-state index is 0.279. The monoisotopic (exact) mass is 364 g/mol. The van der Waals surface area contributed by atoms with Crippen LogP contribution in [0.3, 0.4) is 0 Å². The van der Waals surface area contributed by atoms with Crippen LogP contribution in [0.4, 0.5) is 5.13 Å². The first-order valence-corrected chi connectivity index (χ1v) is 9.21. The molecule has 0 aromatic carbocycles. The first-order chi connectivity index (χ1) is 11.9. The van der Waals surface area contributed by atoms with E-state index in [2.05, 4.69) is 34.3 Å². The molecule has 2 heterocycles. The zero-order valence-electron chi connectivity index (χ0n) is 15.2. The molecule has 0 aliphatic carbocycles. The summed E-state index contributed by atoms with van der Waals surface area (Å²) in [5, 5.41) is 12.3. The first-order valence-electron chi connectivity index (χ1n) is 8.39. The number of aromatic nitrogens is 3. The van der Waals surface area contributed by atoms with Crippen LogP contribution in [0.25, 0.3) is 0 Å². The number of aryl methyl sites for hydroxylation is 1. The molecule has 1 atom stereocenters. The highest BCUT2D eigenvalue weighted by atomic mass is 32.1. The topological polar surface area (TPSA) is 97.0 Å². The second kappa shape index (κ2) is 8.24. The lowest BCUT2D eigenvalue weighted by atomic mass is 10.1. The van der Waals surface area contributed by atoms with E-state index >= 15 is 0 Å². The van der Waals surface area contributed by atoms with Crippen molar-refractivity contribution in [2.45, 2.75) is 53.4 Å². The fraction of sp³-hybridized carbons (Fsp3) is 0.529. The van der Waals surface area contributed by atoms with Crippen LogP contribution < -0.4 is 5.32 Å². The molecule has 0 aliphatic heterocycles. The van der Waals surface area contributed by atoms with Gasteiger partial charge in [-0.2, -0.15) is 0 Å². The van der Waals surface area contributed by atoms with Crippen LogP contribution in [-0.4, -0.2) is 33.7 Å². The molecule has 0 saturated heterocycles. The summed E-state index contributed by atoms with van der Waals surface area (Å²) in [6, 6.07) is 0. The molecular weight excluding hydrogens is 340 g/mol. The van der Waals surface area contributed by atoms with Gasteiger partial charge in [0, 0.05) is 11.6 Å². The van der Waals surface area contributed by atoms with Crippen LogP contribution in [-0.2, 0) is 4.74 Å². The molecule has 2 rings (SSSR count). The van der Waals surface area contributed by atoms with Gasteiger partial charge >= 0.3 is 5.97 Å². The SMILES string of the molecule is CCC[C@H](C)c1nnc(NC(=O)c2c(C)[nH]c(C(=O)OCC)c2C)s1. The molecular formula is C17H24N4O3S. The van der Waals surface area contributed by atoms with E-state index in [0.717, 1.165) is 17.8 Å². The molecule has 0 fully saturated rings. The van der Waals surface area contributed by atoms with Crippen molar-refractivity contribution in [3.05, 3.63) is 27.5 Å². The summed E-state index contributed by atoms with van der Waals surface area (Å²) in [4.78, 5) is 27.5. The maximum atomic E-state index is 12.6. The normalized spacial score (nSPS) is 12.0. The summed E-state index contributed by atoms with van der Waals surface area (Å²) < 4.78 is 5.01. The molecule has 25 heavy (non-hydrogen) atoms. The van der Waals surface area contributed by atoms with Crippen LogP contribution in [0.2, 0.25) is 0 Å². The summed E-state index contributed by atoms with van der Waals surface area (Å²) in [5.74, 6) is -0.458. The van der Waals surface area contributed by atoms with Crippen LogP contribution in [0.15, 0.2) is 0 Å². The van der Waals surface area contributed by atoms with Crippen LogP contribution in [0.1, 0.15) is 76.6 Å². The van der Waals surface area contributed by atoms with Crippen molar-refractivity contribution in [1.29, 1.82) is 0 Å². The predicted molar refractivity (Wildman–Crippen MR) is 97.4 cm³/mol. The largest absolute Gasteiger partial charge is 0.461 e. The number of aromatic amines is 1. The number of carbonyl (C=O) groups excluding carboxylic acids is 2. The van der Waals surface area contributed by atoms with E-state index < -0.39 is 5.97 Å². The number of anilines is 1. The number of amides is 1. The summed E-state index contributed by atoms with van der Waals surface area (Å²) in [6.45, 7) is 9.71. The van der Waals surface area contributed by atoms with Crippen LogP contribution >= 0.6 is 11.3 Å². The van der Waals surface area contributed by atoms with Crippen LogP contribution in [0.5, 0.6) is 0 Å². The minimum Gasteiger partial charge on any atom is -0.461 e. The van der Waals surface area contributed by atoms with Crippen molar-refractivity contribution >= 4 is 28.3 Å². The molecule has 2 aromatic rings. The Balaban J connectivity index is 2.17. The van der Waals surface area contributed by atoms with Crippen molar-refractivity contribution in [2.24, 2.45) is 0 Å². The molecule has 0 saturated carbocycles. The number of carbonyl (C=O) groups is 2. The number of hydrogen-bond acceptors (Lipinski definition) is 6. The van der Waals surface area contributed by atoms with E-state index in [1.54, 1.807) is 20.8 Å². The maximum absolute atomic E-state index is 12.6. The number of nitrogens with zero attached hydrogens (tertiary/aromatic N) is 2. The van der Waals surface area contributed by atoms with E-state index in [1.165, 1.54) is 11.3 Å². The Morgan fingerprint density at radius 1 is 1.28 bits per heavy atom. The lowest BCUT2D eigenvalue weighted by molar-refractivity contribution is 0.0519. The molecule has 0 bridgehead atoms. The van der Waals surface area contributed by atoms with Gasteiger partial charge in [0.2, 0.25) is 5.13 Å². The molecule has 0 spiro atoms. The number of esters is 1. The molecule has 0 radical (unpaired) electrons. The molecule has 1 amide bonds. The molecule has 2 aromatic heterocycles. The summed E-state index contributed by atoms with van der Waals surface area (Å²) in [7, 11) is 0. The zero-order chi connectivity index (χ0) is 18.6. The summed E-state index contributed by atoms with van der Waals surface area (Å²) in [6.07, 6.45) is 2.10. The van der Waals surface area contributed by atoms with Crippen molar-refractivity contribution in [1.82, 2.24) is 15.2 Å². The Bertz CT molecular complexity index is 766. The van der Waals surface area contributed by atoms with Crippen molar-refractivity contribution in [2.75, 3.05) is 11.9 Å². The quantitative estimate of drug-likeness (QED) is 0.728. The molecule has 7 nitrogen and oxygen atoms in total. The van der Waals surface area contributed by atoms with Gasteiger partial charge in [0.15, 0.2) is 0 Å². The standard InChI is InChI=1S/C17H24N4O3S/c1-6-8-9(3)15-20-21-17(25-15)19-14(22)12-10(4)13(18-11(12)5)16(23)24-7-2/h9,18H,6-8H2,1-5H3,(H,19,21,22)/t9-/m0/s1. The van der Waals surface area contributed by atoms with E-state index in [9.17, 15) is 9.59 Å². The minimum atomic E-state index is -0.464. The van der Waals surface area contributed by atoms with Gasteiger partial charge < -0.3 is 9.72 Å². The Morgan fingerprint density at radius 2 is 2.00 bits per heavy atom. The van der Waals surface area contributed by atoms with Gasteiger partial charge in [-0.1, -0.05) is 31.6 Å². The Kier molecular flexibility index (Phi) is 6.30. The molecule has 8 heteroatoms. The van der Waals surface area contributed by atoms with Gasteiger partial charge in [-0.05, 0) is 32.8 Å². The highest BCUT2D eigenvalue weighted by Gasteiger charge is 2.23. The third-order valence-corrected chi connectivity index (χ3v) is 5.02. The third-order valence-electron chi connectivity index (χ3n) is 3.95. The Hall–Kier alpha value is -2.22. The average molecular weight is 364 g/mol. The second-order valence-corrected chi connectivity index (χ2v) is 6.94. The van der Waals surface area contributed by atoms with Gasteiger partial charge in [-0.25, -0.2) is 4.79 Å². The number of nitrogens with one attached hydrogen (secondary N) is 2. The van der Waals surface area contributed by atoms with Crippen LogP contribution in [0, 0.1) is 13.8 Å². The lowest BCUT2D eigenvalue weighted by Gasteiger charge is -2.04. The van der Waals surface area contributed by atoms with Crippen molar-refractivity contribution < 1.29 is 14.3 Å². The average Bonchev–Trinajstić information content (AvgIpc) is 3.12.